The van der Waals surface area contributed by atoms with E-state index >= 15 is 0 Å². The summed E-state index contributed by atoms with van der Waals surface area (Å²) in [6, 6.07) is 51.3. The minimum atomic E-state index is 0.0193. The molecule has 1 aliphatic heterocycles. The first-order chi connectivity index (χ1) is 23.1. The van der Waals surface area contributed by atoms with Gasteiger partial charge in [-0.25, -0.2) is 0 Å². The van der Waals surface area contributed by atoms with Crippen molar-refractivity contribution in [3.8, 4) is 22.6 Å². The van der Waals surface area contributed by atoms with Crippen molar-refractivity contribution in [2.24, 2.45) is 0 Å². The van der Waals surface area contributed by atoms with Gasteiger partial charge in [-0.15, -0.1) is 0 Å². The van der Waals surface area contributed by atoms with E-state index in [0.29, 0.717) is 0 Å². The fourth-order valence-electron chi connectivity index (χ4n) is 7.83. The quantitative estimate of drug-likeness (QED) is 0.163. The third-order valence-corrected chi connectivity index (χ3v) is 10.5. The number of hydrogen-bond acceptors (Lipinski definition) is 1. The molecule has 0 fully saturated rings. The standard InChI is InChI=1S/C17H16.C15H14O.C15H14/c1-17(2)15-9-5-3-7-13(15)11-12-14-8-4-6-10-16(14)17;1-15(2)11-7-3-5-9-13(11)16-14-10-6-4-8-12(14)15;1-15(2)13-9-5-3-7-11(13)12-8-4-6-10-14(12)15/h3-12H,1-2H3;3-10H,1-2H3;3-10H,1-2H3. The Kier molecular flexibility index (Phi) is 7.96. The van der Waals surface area contributed by atoms with Crippen LogP contribution >= 0.6 is 0 Å². The van der Waals surface area contributed by atoms with Gasteiger partial charge in [-0.05, 0) is 56.6 Å². The van der Waals surface area contributed by atoms with Crippen molar-refractivity contribution in [2.75, 3.05) is 0 Å². The minimum Gasteiger partial charge on any atom is -0.457 e. The predicted octanol–water partition coefficient (Wildman–Crippen LogP) is 12.6. The SMILES string of the molecule is CC1(C)c2ccccc2-c2ccccc21.CC1(C)c2ccccc2C=Cc2ccccc21.CC1(C)c2ccccc2Oc2ccccc21. The van der Waals surface area contributed by atoms with E-state index in [9.17, 15) is 0 Å². The summed E-state index contributed by atoms with van der Waals surface area (Å²) in [6.45, 7) is 13.7. The summed E-state index contributed by atoms with van der Waals surface area (Å²) in [5.74, 6) is 1.96. The maximum atomic E-state index is 5.91. The molecule has 0 saturated heterocycles. The Labute approximate surface area is 286 Å². The molecule has 0 bridgehead atoms. The first kappa shape index (κ1) is 31.5. The summed E-state index contributed by atoms with van der Waals surface area (Å²) in [5.41, 5.74) is 13.9. The molecular weight excluding hydrogens is 581 g/mol. The van der Waals surface area contributed by atoms with Gasteiger partial charge < -0.3 is 4.74 Å². The van der Waals surface area contributed by atoms with Crippen LogP contribution in [0.2, 0.25) is 0 Å². The second-order valence-electron chi connectivity index (χ2n) is 14.6. The van der Waals surface area contributed by atoms with Crippen LogP contribution in [0.1, 0.15) is 86.1 Å². The smallest absolute Gasteiger partial charge is 0.131 e. The number of rotatable bonds is 0. The fourth-order valence-corrected chi connectivity index (χ4v) is 7.83. The second kappa shape index (κ2) is 12.1. The van der Waals surface area contributed by atoms with E-state index in [1.807, 2.05) is 24.3 Å². The monoisotopic (exact) mass is 624 g/mol. The lowest BCUT2D eigenvalue weighted by Gasteiger charge is -2.34. The van der Waals surface area contributed by atoms with Crippen molar-refractivity contribution >= 4 is 12.2 Å². The molecule has 1 nitrogen and oxygen atoms in total. The van der Waals surface area contributed by atoms with Gasteiger partial charge >= 0.3 is 0 Å². The minimum absolute atomic E-state index is 0.0193. The highest BCUT2D eigenvalue weighted by Gasteiger charge is 2.35. The van der Waals surface area contributed by atoms with Crippen molar-refractivity contribution in [1.82, 2.24) is 0 Å². The van der Waals surface area contributed by atoms with Crippen LogP contribution in [0.3, 0.4) is 0 Å². The van der Waals surface area contributed by atoms with Crippen molar-refractivity contribution in [2.45, 2.75) is 57.8 Å². The molecule has 6 aromatic rings. The Balaban J connectivity index is 0.000000114. The molecule has 0 spiro atoms. The third-order valence-electron chi connectivity index (χ3n) is 10.5. The van der Waals surface area contributed by atoms with E-state index in [1.165, 1.54) is 55.6 Å². The molecule has 0 atom stereocenters. The largest absolute Gasteiger partial charge is 0.457 e. The number of ether oxygens (including phenoxy) is 1. The van der Waals surface area contributed by atoms with Gasteiger partial charge in [0.25, 0.3) is 0 Å². The van der Waals surface area contributed by atoms with Crippen LogP contribution in [0.15, 0.2) is 146 Å². The topological polar surface area (TPSA) is 9.23 Å². The summed E-state index contributed by atoms with van der Waals surface area (Å²) in [6.07, 6.45) is 4.45. The maximum Gasteiger partial charge on any atom is 0.131 e. The molecule has 3 aliphatic rings. The van der Waals surface area contributed by atoms with Crippen LogP contribution in [0.4, 0.5) is 0 Å². The van der Waals surface area contributed by atoms with Gasteiger partial charge in [0.2, 0.25) is 0 Å². The van der Waals surface area contributed by atoms with E-state index < -0.39 is 0 Å². The van der Waals surface area contributed by atoms with Crippen molar-refractivity contribution in [1.29, 1.82) is 0 Å². The molecule has 48 heavy (non-hydrogen) atoms. The van der Waals surface area contributed by atoms with E-state index in [4.69, 9.17) is 4.74 Å². The fraction of sp³-hybridized carbons (Fsp3) is 0.191. The van der Waals surface area contributed by atoms with E-state index in [-0.39, 0.29) is 16.2 Å². The van der Waals surface area contributed by atoms with Gasteiger partial charge in [-0.2, -0.15) is 0 Å². The molecule has 0 saturated carbocycles. The Hall–Kier alpha value is -5.14. The first-order valence-electron chi connectivity index (χ1n) is 17.0. The summed E-state index contributed by atoms with van der Waals surface area (Å²) in [7, 11) is 0. The molecule has 0 amide bonds. The second-order valence-corrected chi connectivity index (χ2v) is 14.6. The van der Waals surface area contributed by atoms with Gasteiger partial charge in [0.05, 0.1) is 0 Å². The summed E-state index contributed by atoms with van der Waals surface area (Å²) in [4.78, 5) is 0. The average Bonchev–Trinajstić information content (AvgIpc) is 3.27. The predicted molar refractivity (Wildman–Crippen MR) is 203 cm³/mol. The molecule has 0 radical (unpaired) electrons. The van der Waals surface area contributed by atoms with E-state index in [2.05, 4.69) is 175 Å². The summed E-state index contributed by atoms with van der Waals surface area (Å²) >= 11 is 0. The van der Waals surface area contributed by atoms with E-state index in [0.717, 1.165) is 11.5 Å². The molecule has 2 aliphatic carbocycles. The van der Waals surface area contributed by atoms with Crippen LogP contribution < -0.4 is 4.74 Å². The number of fused-ring (bicyclic) bond motifs is 7. The van der Waals surface area contributed by atoms with Crippen LogP contribution in [0.25, 0.3) is 23.3 Å². The normalized spacial score (nSPS) is 15.9. The van der Waals surface area contributed by atoms with Gasteiger partial charge in [0.1, 0.15) is 11.5 Å². The van der Waals surface area contributed by atoms with Crippen molar-refractivity contribution in [3.63, 3.8) is 0 Å². The molecule has 0 aromatic heterocycles. The molecule has 1 heteroatoms. The third kappa shape index (κ3) is 5.38. The molecule has 238 valence electrons. The lowest BCUT2D eigenvalue weighted by atomic mass is 9.76. The van der Waals surface area contributed by atoms with Crippen LogP contribution in [0.5, 0.6) is 11.5 Å². The Morgan fingerprint density at radius 3 is 1.04 bits per heavy atom. The van der Waals surface area contributed by atoms with Gasteiger partial charge in [0, 0.05) is 27.4 Å². The summed E-state index contributed by atoms with van der Waals surface area (Å²) < 4.78 is 5.91. The molecule has 0 N–H and O–H groups in total. The highest BCUT2D eigenvalue weighted by Crippen LogP contribution is 2.49. The first-order valence-corrected chi connectivity index (χ1v) is 17.0. The van der Waals surface area contributed by atoms with Crippen molar-refractivity contribution in [3.05, 3.63) is 190 Å². The number of para-hydroxylation sites is 2. The van der Waals surface area contributed by atoms with Gasteiger partial charge in [0.15, 0.2) is 0 Å². The number of hydrogen-bond donors (Lipinski definition) is 0. The Bertz CT molecular complexity index is 1990. The van der Waals surface area contributed by atoms with Crippen LogP contribution in [0, 0.1) is 0 Å². The Morgan fingerprint density at radius 2 is 0.604 bits per heavy atom. The van der Waals surface area contributed by atoms with Gasteiger partial charge in [-0.3, -0.25) is 0 Å². The highest BCUT2D eigenvalue weighted by molar-refractivity contribution is 5.80. The highest BCUT2D eigenvalue weighted by atomic mass is 16.5. The Morgan fingerprint density at radius 1 is 0.312 bits per heavy atom. The van der Waals surface area contributed by atoms with Crippen molar-refractivity contribution < 1.29 is 4.74 Å². The molecule has 0 unspecified atom stereocenters. The average molecular weight is 625 g/mol. The van der Waals surface area contributed by atoms with Gasteiger partial charge in [-0.1, -0.05) is 187 Å². The van der Waals surface area contributed by atoms with E-state index in [1.54, 1.807) is 0 Å². The number of benzene rings is 6. The van der Waals surface area contributed by atoms with Crippen LogP contribution in [-0.2, 0) is 16.2 Å². The molecular formula is C47H44O. The lowest BCUT2D eigenvalue weighted by Crippen LogP contribution is -2.23. The molecule has 9 rings (SSSR count). The maximum absolute atomic E-state index is 5.91. The summed E-state index contributed by atoms with van der Waals surface area (Å²) in [5, 5.41) is 0. The zero-order chi connectivity index (χ0) is 33.5. The zero-order valence-electron chi connectivity index (χ0n) is 28.9. The molecule has 6 aromatic carbocycles. The lowest BCUT2D eigenvalue weighted by molar-refractivity contribution is 0.418. The zero-order valence-corrected chi connectivity index (χ0v) is 28.9. The van der Waals surface area contributed by atoms with Crippen LogP contribution in [-0.4, -0.2) is 0 Å². The molecule has 1 heterocycles.